The summed E-state index contributed by atoms with van der Waals surface area (Å²) in [4.78, 5) is 0. The van der Waals surface area contributed by atoms with E-state index in [0.717, 1.165) is 28.4 Å². The summed E-state index contributed by atoms with van der Waals surface area (Å²) >= 11 is 0. The fourth-order valence-corrected chi connectivity index (χ4v) is 2.06. The molecule has 0 saturated carbocycles. The topological polar surface area (TPSA) is 69.6 Å². The second-order valence-corrected chi connectivity index (χ2v) is 4.53. The van der Waals surface area contributed by atoms with Crippen LogP contribution in [0.4, 0.5) is 14.5 Å². The molecule has 0 unspecified atom stereocenters. The van der Waals surface area contributed by atoms with Crippen molar-refractivity contribution in [1.82, 2.24) is 20.2 Å². The molecule has 0 atom stereocenters. The van der Waals surface area contributed by atoms with Crippen molar-refractivity contribution in [3.63, 3.8) is 0 Å². The van der Waals surface area contributed by atoms with Gasteiger partial charge >= 0.3 is 0 Å². The van der Waals surface area contributed by atoms with Crippen LogP contribution in [0.5, 0.6) is 0 Å². The number of nitrogen functional groups attached to an aromatic ring is 1. The summed E-state index contributed by atoms with van der Waals surface area (Å²) in [5.74, 6) is -0.895. The van der Waals surface area contributed by atoms with Crippen molar-refractivity contribution in [2.75, 3.05) is 5.73 Å². The van der Waals surface area contributed by atoms with Gasteiger partial charge in [0.05, 0.1) is 0 Å². The summed E-state index contributed by atoms with van der Waals surface area (Å²) in [6, 6.07) is 8.37. The average Bonchev–Trinajstić information content (AvgIpc) is 2.93. The second kappa shape index (κ2) is 4.93. The van der Waals surface area contributed by atoms with Crippen LogP contribution >= 0.6 is 0 Å². The SMILES string of the molecule is Cc1c(N)cccc1-c1nnnn1-c1cc(F)ccc1F. The number of rotatable bonds is 2. The lowest BCUT2D eigenvalue weighted by Crippen LogP contribution is -2.04. The van der Waals surface area contributed by atoms with E-state index in [9.17, 15) is 8.78 Å². The van der Waals surface area contributed by atoms with Crippen LogP contribution in [0.25, 0.3) is 17.1 Å². The number of halogens is 2. The molecule has 3 aromatic rings. The summed E-state index contributed by atoms with van der Waals surface area (Å²) in [6.07, 6.45) is 0. The molecule has 1 heterocycles. The van der Waals surface area contributed by atoms with Crippen molar-refractivity contribution in [1.29, 1.82) is 0 Å². The highest BCUT2D eigenvalue weighted by molar-refractivity contribution is 5.68. The summed E-state index contributed by atoms with van der Waals surface area (Å²) in [7, 11) is 0. The Morgan fingerprint density at radius 2 is 1.95 bits per heavy atom. The van der Waals surface area contributed by atoms with E-state index in [0.29, 0.717) is 17.1 Å². The van der Waals surface area contributed by atoms with Crippen LogP contribution in [0.2, 0.25) is 0 Å². The maximum Gasteiger partial charge on any atom is 0.187 e. The van der Waals surface area contributed by atoms with Crippen molar-refractivity contribution < 1.29 is 8.78 Å². The highest BCUT2D eigenvalue weighted by Crippen LogP contribution is 2.27. The average molecular weight is 287 g/mol. The lowest BCUT2D eigenvalue weighted by atomic mass is 10.1. The molecule has 7 heteroatoms. The Kier molecular flexibility index (Phi) is 3.09. The van der Waals surface area contributed by atoms with Gasteiger partial charge in [0.2, 0.25) is 0 Å². The Hall–Kier alpha value is -2.83. The van der Waals surface area contributed by atoms with E-state index in [4.69, 9.17) is 5.73 Å². The fraction of sp³-hybridized carbons (Fsp3) is 0.0714. The molecule has 0 saturated heterocycles. The fourth-order valence-electron chi connectivity index (χ4n) is 2.06. The first-order valence-electron chi connectivity index (χ1n) is 6.17. The standard InChI is InChI=1S/C14H11F2N5/c1-8-10(3-2-4-12(8)17)14-18-19-20-21(14)13-7-9(15)5-6-11(13)16/h2-7H,17H2,1H3. The van der Waals surface area contributed by atoms with Gasteiger partial charge in [-0.1, -0.05) is 12.1 Å². The predicted octanol–water partition coefficient (Wildman–Crippen LogP) is 2.50. The number of hydrogen-bond acceptors (Lipinski definition) is 4. The van der Waals surface area contributed by atoms with Crippen LogP contribution in [0.15, 0.2) is 36.4 Å². The molecule has 0 fully saturated rings. The van der Waals surface area contributed by atoms with Crippen LogP contribution in [-0.2, 0) is 0 Å². The molecule has 0 spiro atoms. The van der Waals surface area contributed by atoms with Gasteiger partial charge in [-0.25, -0.2) is 8.78 Å². The highest BCUT2D eigenvalue weighted by atomic mass is 19.1. The Morgan fingerprint density at radius 1 is 1.14 bits per heavy atom. The normalized spacial score (nSPS) is 10.8. The van der Waals surface area contributed by atoms with E-state index in [1.54, 1.807) is 18.2 Å². The number of aromatic nitrogens is 4. The first-order chi connectivity index (χ1) is 10.1. The van der Waals surface area contributed by atoms with Crippen LogP contribution in [0.3, 0.4) is 0 Å². The number of nitrogens with zero attached hydrogens (tertiary/aromatic N) is 4. The van der Waals surface area contributed by atoms with Crippen LogP contribution in [-0.4, -0.2) is 20.2 Å². The minimum absolute atomic E-state index is 0.0585. The zero-order valence-corrected chi connectivity index (χ0v) is 11.1. The molecule has 2 N–H and O–H groups in total. The molecule has 2 aromatic carbocycles. The quantitative estimate of drug-likeness (QED) is 0.735. The number of tetrazole rings is 1. The lowest BCUT2D eigenvalue weighted by molar-refractivity contribution is 0.584. The molecule has 0 amide bonds. The number of hydrogen-bond donors (Lipinski definition) is 1. The highest BCUT2D eigenvalue weighted by Gasteiger charge is 2.17. The van der Waals surface area contributed by atoms with Gasteiger partial charge < -0.3 is 5.73 Å². The lowest BCUT2D eigenvalue weighted by Gasteiger charge is -2.09. The maximum absolute atomic E-state index is 13.9. The van der Waals surface area contributed by atoms with Gasteiger partial charge in [-0.2, -0.15) is 4.68 Å². The van der Waals surface area contributed by atoms with E-state index in [1.165, 1.54) is 0 Å². The molecule has 0 bridgehead atoms. The van der Waals surface area contributed by atoms with Gasteiger partial charge in [0, 0.05) is 17.3 Å². The molecule has 0 aliphatic heterocycles. The first-order valence-corrected chi connectivity index (χ1v) is 6.17. The summed E-state index contributed by atoms with van der Waals surface area (Å²) in [5, 5.41) is 11.2. The van der Waals surface area contributed by atoms with Gasteiger partial charge in [0.25, 0.3) is 0 Å². The van der Waals surface area contributed by atoms with Gasteiger partial charge in [0.1, 0.15) is 17.3 Å². The summed E-state index contributed by atoms with van der Waals surface area (Å²) in [5.41, 5.74) is 7.80. The van der Waals surface area contributed by atoms with Crippen molar-refractivity contribution in [3.05, 3.63) is 53.6 Å². The van der Waals surface area contributed by atoms with Crippen LogP contribution < -0.4 is 5.73 Å². The molecule has 0 radical (unpaired) electrons. The Morgan fingerprint density at radius 3 is 2.76 bits per heavy atom. The maximum atomic E-state index is 13.9. The Bertz CT molecular complexity index is 796. The van der Waals surface area contributed by atoms with E-state index in [-0.39, 0.29) is 5.69 Å². The third-order valence-corrected chi connectivity index (χ3v) is 3.22. The molecule has 5 nitrogen and oxygen atoms in total. The third kappa shape index (κ3) is 2.22. The van der Waals surface area contributed by atoms with Crippen molar-refractivity contribution in [2.24, 2.45) is 0 Å². The number of nitrogens with two attached hydrogens (primary N) is 1. The Labute approximate surface area is 119 Å². The van der Waals surface area contributed by atoms with Crippen molar-refractivity contribution in [3.8, 4) is 17.1 Å². The van der Waals surface area contributed by atoms with Gasteiger partial charge in [-0.3, -0.25) is 0 Å². The van der Waals surface area contributed by atoms with Gasteiger partial charge in [-0.15, -0.1) is 5.10 Å². The van der Waals surface area contributed by atoms with E-state index in [2.05, 4.69) is 15.5 Å². The molecular formula is C14H11F2N5. The Balaban J connectivity index is 2.22. The predicted molar refractivity (Wildman–Crippen MR) is 73.7 cm³/mol. The second-order valence-electron chi connectivity index (χ2n) is 4.53. The minimum Gasteiger partial charge on any atom is -0.398 e. The molecule has 106 valence electrons. The molecule has 21 heavy (non-hydrogen) atoms. The summed E-state index contributed by atoms with van der Waals surface area (Å²) in [6.45, 7) is 1.81. The molecular weight excluding hydrogens is 276 g/mol. The van der Waals surface area contributed by atoms with E-state index < -0.39 is 11.6 Å². The van der Waals surface area contributed by atoms with Gasteiger partial charge in [-0.05, 0) is 41.1 Å². The van der Waals surface area contributed by atoms with E-state index in [1.807, 2.05) is 6.92 Å². The van der Waals surface area contributed by atoms with E-state index >= 15 is 0 Å². The molecule has 0 aliphatic carbocycles. The molecule has 0 aliphatic rings. The summed E-state index contributed by atoms with van der Waals surface area (Å²) < 4.78 is 28.4. The largest absolute Gasteiger partial charge is 0.398 e. The van der Waals surface area contributed by atoms with Crippen molar-refractivity contribution >= 4 is 5.69 Å². The molecule has 1 aromatic heterocycles. The molecule has 3 rings (SSSR count). The van der Waals surface area contributed by atoms with Crippen LogP contribution in [0.1, 0.15) is 5.56 Å². The minimum atomic E-state index is -0.619. The number of benzene rings is 2. The monoisotopic (exact) mass is 287 g/mol. The van der Waals surface area contributed by atoms with Crippen LogP contribution in [0, 0.1) is 18.6 Å². The zero-order valence-electron chi connectivity index (χ0n) is 11.1. The van der Waals surface area contributed by atoms with Gasteiger partial charge in [0.15, 0.2) is 5.82 Å². The first kappa shape index (κ1) is 13.2. The number of anilines is 1. The zero-order chi connectivity index (χ0) is 15.0. The smallest absolute Gasteiger partial charge is 0.187 e. The van der Waals surface area contributed by atoms with Crippen molar-refractivity contribution in [2.45, 2.75) is 6.92 Å². The third-order valence-electron chi connectivity index (χ3n) is 3.22.